The molecule has 1 fully saturated rings. The molecule has 4 unspecified atom stereocenters. The minimum atomic E-state index is -1.78. The molecule has 4 atom stereocenters. The minimum absolute atomic E-state index is 0.00977. The van der Waals surface area contributed by atoms with E-state index in [1.54, 1.807) is 6.07 Å². The fourth-order valence-electron chi connectivity index (χ4n) is 7.32. The summed E-state index contributed by atoms with van der Waals surface area (Å²) < 4.78 is 34.7. The van der Waals surface area contributed by atoms with E-state index in [0.717, 1.165) is 49.2 Å². The maximum atomic E-state index is 13.7. The number of carbonyl (C=O) groups is 2. The zero-order valence-electron chi connectivity index (χ0n) is 30.8. The predicted molar refractivity (Wildman–Crippen MR) is 203 cm³/mol. The molecule has 2 aromatic rings. The fourth-order valence-corrected chi connectivity index (χ4v) is 8.46. The molecule has 2 amide bonds. The van der Waals surface area contributed by atoms with Crippen molar-refractivity contribution in [2.24, 2.45) is 5.92 Å². The van der Waals surface area contributed by atoms with Crippen LogP contribution in [0.5, 0.6) is 5.75 Å². The van der Waals surface area contributed by atoms with Crippen molar-refractivity contribution in [2.45, 2.75) is 102 Å². The fraction of sp³-hybridized carbons (Fsp3) is 0.590. The van der Waals surface area contributed by atoms with Gasteiger partial charge in [-0.3, -0.25) is 14.4 Å². The van der Waals surface area contributed by atoms with Crippen LogP contribution in [0.4, 0.5) is 10.5 Å². The zero-order chi connectivity index (χ0) is 36.5. The third kappa shape index (κ3) is 9.86. The molecule has 2 bridgehead atoms. The van der Waals surface area contributed by atoms with E-state index in [2.05, 4.69) is 40.9 Å². The molecular weight excluding hydrogens is 688 g/mol. The third-order valence-electron chi connectivity index (χ3n) is 10.5. The largest absolute Gasteiger partial charge is 0.491 e. The molecule has 1 saturated heterocycles. The number of aryl methyl sites for hydroxylation is 1. The Kier molecular flexibility index (Phi) is 13.9. The first-order valence-corrected chi connectivity index (χ1v) is 20.1. The Labute approximate surface area is 311 Å². The van der Waals surface area contributed by atoms with E-state index in [1.165, 1.54) is 11.1 Å². The third-order valence-corrected chi connectivity index (χ3v) is 11.8. The zero-order valence-corrected chi connectivity index (χ0v) is 32.3. The van der Waals surface area contributed by atoms with Gasteiger partial charge in [0.2, 0.25) is 0 Å². The Hall–Kier alpha value is -3.12. The molecule has 2 N–H and O–H groups in total. The van der Waals surface area contributed by atoms with Gasteiger partial charge in [0, 0.05) is 55.7 Å². The second-order valence-electron chi connectivity index (χ2n) is 14.3. The summed E-state index contributed by atoms with van der Waals surface area (Å²) in [6.45, 7) is 14.0. The van der Waals surface area contributed by atoms with Gasteiger partial charge in [0.1, 0.15) is 11.9 Å². The highest BCUT2D eigenvalue weighted by atomic mass is 35.5. The molecule has 0 spiro atoms. The summed E-state index contributed by atoms with van der Waals surface area (Å²) in [5.41, 5.74) is 2.29. The van der Waals surface area contributed by atoms with Crippen LogP contribution in [0.2, 0.25) is 5.02 Å². The van der Waals surface area contributed by atoms with E-state index < -0.39 is 28.7 Å². The number of ether oxygens (including phenoxy) is 3. The average Bonchev–Trinajstić information content (AvgIpc) is 3.29. The summed E-state index contributed by atoms with van der Waals surface area (Å²) in [5, 5.41) is 3.78. The molecule has 280 valence electrons. The topological polar surface area (TPSA) is 109 Å². The van der Waals surface area contributed by atoms with Gasteiger partial charge in [0.05, 0.1) is 22.7 Å². The monoisotopic (exact) mass is 742 g/mol. The highest BCUT2D eigenvalue weighted by Crippen LogP contribution is 2.38. The molecule has 10 nitrogen and oxygen atoms in total. The number of amides is 2. The van der Waals surface area contributed by atoms with Crippen LogP contribution in [0.15, 0.2) is 53.4 Å². The van der Waals surface area contributed by atoms with E-state index in [1.807, 2.05) is 56.0 Å². The van der Waals surface area contributed by atoms with E-state index in [-0.39, 0.29) is 23.8 Å². The first-order chi connectivity index (χ1) is 24.5. The first-order valence-electron chi connectivity index (χ1n) is 18.5. The smallest absolute Gasteiger partial charge is 0.407 e. The second kappa shape index (κ2) is 18.1. The summed E-state index contributed by atoms with van der Waals surface area (Å²) in [6.07, 6.45) is 7.99. The van der Waals surface area contributed by atoms with Crippen molar-refractivity contribution >= 4 is 40.3 Å². The maximum Gasteiger partial charge on any atom is 0.407 e. The first kappa shape index (κ1) is 39.1. The number of likely N-dealkylation sites (N-methyl/N-ethyl adjacent to an activating group) is 1. The Morgan fingerprint density at radius 2 is 1.90 bits per heavy atom. The van der Waals surface area contributed by atoms with Crippen LogP contribution < -0.4 is 19.7 Å². The van der Waals surface area contributed by atoms with Gasteiger partial charge in [-0.05, 0) is 100 Å². The molecule has 2 aromatic carbocycles. The van der Waals surface area contributed by atoms with Gasteiger partial charge in [0.15, 0.2) is 11.0 Å². The van der Waals surface area contributed by atoms with Crippen molar-refractivity contribution in [1.29, 1.82) is 0 Å². The van der Waals surface area contributed by atoms with E-state index >= 15 is 0 Å². The van der Waals surface area contributed by atoms with Crippen molar-refractivity contribution in [3.05, 3.63) is 64.7 Å². The lowest BCUT2D eigenvalue weighted by Gasteiger charge is -2.36. The summed E-state index contributed by atoms with van der Waals surface area (Å²) in [5.74, 6) is 0.419. The number of benzene rings is 2. The lowest BCUT2D eigenvalue weighted by Crippen LogP contribution is -2.55. The number of halogens is 1. The van der Waals surface area contributed by atoms with Crippen molar-refractivity contribution in [2.75, 3.05) is 50.9 Å². The van der Waals surface area contributed by atoms with Crippen molar-refractivity contribution in [3.63, 3.8) is 0 Å². The standard InChI is InChI=1S/C39H55ClN4O6S/c1-6-10-28-23-30(40)12-14-33(28)29-25-43-20-16-27(7-2)35(50-38(46)41-31-17-21-48-22-18-31)11-9-19-44(8-3)39(4,5)37(45)42-51(47)32-13-15-36(49-26-29)34(43)24-32/h9,11-15,23-24,27,29,31,35H,6-8,10,16-22,25-26H2,1-5H3,(H,41,46)(H,42,45)/b11-9+. The summed E-state index contributed by atoms with van der Waals surface area (Å²) in [7, 11) is -1.78. The average molecular weight is 743 g/mol. The predicted octanol–water partition coefficient (Wildman–Crippen LogP) is 6.77. The van der Waals surface area contributed by atoms with Crippen LogP contribution in [-0.2, 0) is 31.7 Å². The molecule has 0 saturated carbocycles. The van der Waals surface area contributed by atoms with Crippen LogP contribution in [0, 0.1) is 5.92 Å². The molecule has 3 heterocycles. The highest BCUT2D eigenvalue weighted by molar-refractivity contribution is 7.83. The van der Waals surface area contributed by atoms with E-state index in [0.29, 0.717) is 56.6 Å². The Balaban J connectivity index is 1.51. The number of hydrogen-bond donors (Lipinski definition) is 2. The SMILES string of the molecule is CCCc1cc(Cl)ccc1C1COc2ccc3cc2N(CCC(CC)C(OC(=O)NC2CCOCC2)/C=C/CN(CC)C(C)(C)C(=O)NS3=O)C1. The Morgan fingerprint density at radius 1 is 1.12 bits per heavy atom. The number of alkyl carbamates (subject to hydrolysis) is 1. The molecule has 51 heavy (non-hydrogen) atoms. The molecule has 3 aliphatic heterocycles. The van der Waals surface area contributed by atoms with Crippen molar-refractivity contribution in [1.82, 2.24) is 14.9 Å². The summed E-state index contributed by atoms with van der Waals surface area (Å²) in [6, 6.07) is 11.7. The number of nitrogens with one attached hydrogen (secondary N) is 2. The normalized spacial score (nSPS) is 25.6. The Morgan fingerprint density at radius 3 is 2.63 bits per heavy atom. The summed E-state index contributed by atoms with van der Waals surface area (Å²) >= 11 is 6.45. The number of fused-ring (bicyclic) bond motifs is 1. The van der Waals surface area contributed by atoms with E-state index in [9.17, 15) is 13.8 Å². The van der Waals surface area contributed by atoms with Crippen molar-refractivity contribution < 1.29 is 28.0 Å². The lowest BCUT2D eigenvalue weighted by atomic mass is 9.91. The molecule has 5 rings (SSSR count). The van der Waals surface area contributed by atoms with Crippen LogP contribution in [-0.4, -0.2) is 84.8 Å². The number of nitrogens with zero attached hydrogens (tertiary/aromatic N) is 2. The number of carbonyl (C=O) groups excluding carboxylic acids is 2. The van der Waals surface area contributed by atoms with Crippen LogP contribution in [0.3, 0.4) is 0 Å². The van der Waals surface area contributed by atoms with Gasteiger partial charge in [-0.15, -0.1) is 0 Å². The summed E-state index contributed by atoms with van der Waals surface area (Å²) in [4.78, 5) is 31.8. The van der Waals surface area contributed by atoms with Gasteiger partial charge < -0.3 is 24.4 Å². The maximum absolute atomic E-state index is 13.7. The number of anilines is 1. The molecule has 0 aliphatic carbocycles. The van der Waals surface area contributed by atoms with Crippen LogP contribution in [0.25, 0.3) is 0 Å². The van der Waals surface area contributed by atoms with Gasteiger partial charge in [0.25, 0.3) is 5.91 Å². The lowest BCUT2D eigenvalue weighted by molar-refractivity contribution is -0.129. The van der Waals surface area contributed by atoms with E-state index in [4.69, 9.17) is 25.8 Å². The van der Waals surface area contributed by atoms with Gasteiger partial charge in [-0.1, -0.05) is 50.9 Å². The minimum Gasteiger partial charge on any atom is -0.491 e. The second-order valence-corrected chi connectivity index (χ2v) is 15.9. The van der Waals surface area contributed by atoms with Crippen LogP contribution in [0.1, 0.15) is 83.8 Å². The molecule has 3 aliphatic rings. The van der Waals surface area contributed by atoms with Crippen molar-refractivity contribution in [3.8, 4) is 5.75 Å². The molecule has 0 radical (unpaired) electrons. The van der Waals surface area contributed by atoms with Gasteiger partial charge in [-0.25, -0.2) is 9.00 Å². The molecular formula is C39H55ClN4O6S. The van der Waals surface area contributed by atoms with Gasteiger partial charge in [-0.2, -0.15) is 0 Å². The number of hydrogen-bond acceptors (Lipinski definition) is 8. The van der Waals surface area contributed by atoms with Crippen LogP contribution >= 0.6 is 11.6 Å². The highest BCUT2D eigenvalue weighted by Gasteiger charge is 2.35. The quantitative estimate of drug-likeness (QED) is 0.299. The molecule has 12 heteroatoms. The number of rotatable bonds is 7. The Bertz CT molecular complexity index is 1560. The molecule has 0 aromatic heterocycles. The van der Waals surface area contributed by atoms with Gasteiger partial charge >= 0.3 is 6.09 Å².